The smallest absolute Gasteiger partial charge is 0.306 e. The number of hydrogen-bond donors (Lipinski definition) is 1. The Bertz CT molecular complexity index is 742. The lowest BCUT2D eigenvalue weighted by atomic mass is 10.1. The standard InChI is InChI=1S/C46H86O4/c1-3-5-7-9-11-13-15-17-19-21-23-24-26-28-30-32-34-36-38-40-42-49-44-45(43-47)50-46(48)41-39-37-35-33-31-29-27-25-22-20-18-16-14-12-10-8-6-4-2/h14,16-17,19-20,22,45,47H,3-13,15,18,21,23-44H2,1-2H3/b16-14-,19-17-,22-20-. The largest absolute Gasteiger partial charge is 0.457 e. The molecule has 0 radical (unpaired) electrons. The number of aliphatic hydroxyl groups is 1. The lowest BCUT2D eigenvalue weighted by molar-refractivity contribution is -0.154. The molecule has 0 spiro atoms. The van der Waals surface area contributed by atoms with E-state index in [2.05, 4.69) is 50.3 Å². The summed E-state index contributed by atoms with van der Waals surface area (Å²) in [4.78, 5) is 12.2. The third kappa shape index (κ3) is 41.0. The number of aliphatic hydroxyl groups excluding tert-OH is 1. The molecule has 0 aliphatic carbocycles. The van der Waals surface area contributed by atoms with E-state index in [0.717, 1.165) is 25.7 Å². The third-order valence-electron chi connectivity index (χ3n) is 9.69. The van der Waals surface area contributed by atoms with Crippen molar-refractivity contribution >= 4 is 5.97 Å². The van der Waals surface area contributed by atoms with Crippen molar-refractivity contribution in [1.82, 2.24) is 0 Å². The van der Waals surface area contributed by atoms with Gasteiger partial charge in [0.15, 0.2) is 0 Å². The Hall–Kier alpha value is -1.39. The van der Waals surface area contributed by atoms with Gasteiger partial charge in [-0.25, -0.2) is 0 Å². The molecule has 50 heavy (non-hydrogen) atoms. The van der Waals surface area contributed by atoms with Gasteiger partial charge in [0.05, 0.1) is 13.2 Å². The molecule has 0 amide bonds. The molecule has 0 fully saturated rings. The SMILES string of the molecule is CCCCCC/C=C\C/C=C\CCCCCCCCCC(=O)OC(CO)COCCCCCCCCCCCC/C=C\CCCCCCCC. The van der Waals surface area contributed by atoms with Gasteiger partial charge in [-0.05, 0) is 70.6 Å². The second-order valence-corrected chi connectivity index (χ2v) is 14.8. The number of carbonyl (C=O) groups excluding carboxylic acids is 1. The summed E-state index contributed by atoms with van der Waals surface area (Å²) >= 11 is 0. The van der Waals surface area contributed by atoms with Crippen molar-refractivity contribution in [2.45, 2.75) is 232 Å². The molecule has 4 heteroatoms. The topological polar surface area (TPSA) is 55.8 Å². The highest BCUT2D eigenvalue weighted by Gasteiger charge is 2.13. The maximum atomic E-state index is 12.2. The van der Waals surface area contributed by atoms with Crippen LogP contribution in [0.1, 0.15) is 226 Å². The van der Waals surface area contributed by atoms with Gasteiger partial charge in [0.2, 0.25) is 0 Å². The van der Waals surface area contributed by atoms with Crippen molar-refractivity contribution in [2.75, 3.05) is 19.8 Å². The Balaban J connectivity index is 3.42. The maximum absolute atomic E-state index is 12.2. The Labute approximate surface area is 312 Å². The van der Waals surface area contributed by atoms with Crippen molar-refractivity contribution in [3.05, 3.63) is 36.5 Å². The van der Waals surface area contributed by atoms with E-state index in [-0.39, 0.29) is 12.6 Å². The van der Waals surface area contributed by atoms with Gasteiger partial charge in [0, 0.05) is 13.0 Å². The summed E-state index contributed by atoms with van der Waals surface area (Å²) in [7, 11) is 0. The molecule has 0 saturated carbocycles. The average Bonchev–Trinajstić information content (AvgIpc) is 3.12. The fraction of sp³-hybridized carbons (Fsp3) is 0.848. The van der Waals surface area contributed by atoms with Gasteiger partial charge in [0.25, 0.3) is 0 Å². The fourth-order valence-corrected chi connectivity index (χ4v) is 6.35. The normalized spacial score (nSPS) is 12.6. The fourth-order valence-electron chi connectivity index (χ4n) is 6.35. The van der Waals surface area contributed by atoms with Crippen molar-refractivity contribution in [1.29, 1.82) is 0 Å². The summed E-state index contributed by atoms with van der Waals surface area (Å²) in [6.45, 7) is 5.34. The summed E-state index contributed by atoms with van der Waals surface area (Å²) in [5, 5.41) is 9.61. The molecule has 0 aromatic carbocycles. The van der Waals surface area contributed by atoms with Crippen LogP contribution in [0.2, 0.25) is 0 Å². The van der Waals surface area contributed by atoms with Crippen LogP contribution in [0.25, 0.3) is 0 Å². The van der Waals surface area contributed by atoms with Gasteiger partial charge in [-0.3, -0.25) is 4.79 Å². The molecule has 0 rings (SSSR count). The van der Waals surface area contributed by atoms with Gasteiger partial charge in [0.1, 0.15) is 6.10 Å². The zero-order chi connectivity index (χ0) is 36.3. The molecule has 0 heterocycles. The minimum atomic E-state index is -0.538. The zero-order valence-corrected chi connectivity index (χ0v) is 33.7. The van der Waals surface area contributed by atoms with E-state index in [1.807, 2.05) is 0 Å². The Morgan fingerprint density at radius 2 is 0.840 bits per heavy atom. The van der Waals surface area contributed by atoms with E-state index in [1.165, 1.54) is 180 Å². The molecule has 0 aliphatic rings. The van der Waals surface area contributed by atoms with Crippen molar-refractivity contribution < 1.29 is 19.4 Å². The summed E-state index contributed by atoms with van der Waals surface area (Å²) in [5.74, 6) is -0.207. The van der Waals surface area contributed by atoms with Crippen molar-refractivity contribution in [2.24, 2.45) is 0 Å². The van der Waals surface area contributed by atoms with E-state index in [9.17, 15) is 9.90 Å². The quantitative estimate of drug-likeness (QED) is 0.0391. The molecular formula is C46H86O4. The van der Waals surface area contributed by atoms with Gasteiger partial charge in [-0.2, -0.15) is 0 Å². The number of rotatable bonds is 41. The molecule has 0 aliphatic heterocycles. The molecule has 294 valence electrons. The lowest BCUT2D eigenvalue weighted by Crippen LogP contribution is -2.27. The number of allylic oxidation sites excluding steroid dienone is 6. The summed E-state index contributed by atoms with van der Waals surface area (Å²) in [6.07, 6.45) is 54.9. The van der Waals surface area contributed by atoms with Crippen LogP contribution in [-0.2, 0) is 14.3 Å². The van der Waals surface area contributed by atoms with E-state index in [4.69, 9.17) is 9.47 Å². The third-order valence-corrected chi connectivity index (χ3v) is 9.69. The van der Waals surface area contributed by atoms with Crippen LogP contribution in [0.15, 0.2) is 36.5 Å². The predicted molar refractivity (Wildman–Crippen MR) is 219 cm³/mol. The van der Waals surface area contributed by atoms with Crippen molar-refractivity contribution in [3.63, 3.8) is 0 Å². The van der Waals surface area contributed by atoms with Crippen LogP contribution in [-0.4, -0.2) is 37.0 Å². The first kappa shape index (κ1) is 48.6. The Kier molecular flexibility index (Phi) is 42.6. The molecule has 0 bridgehead atoms. The lowest BCUT2D eigenvalue weighted by Gasteiger charge is -2.16. The predicted octanol–water partition coefficient (Wildman–Crippen LogP) is 14.5. The highest BCUT2D eigenvalue weighted by molar-refractivity contribution is 5.69. The number of carbonyl (C=O) groups is 1. The molecule has 1 unspecified atom stereocenters. The molecule has 1 atom stereocenters. The maximum Gasteiger partial charge on any atom is 0.306 e. The van der Waals surface area contributed by atoms with Gasteiger partial charge in [-0.15, -0.1) is 0 Å². The van der Waals surface area contributed by atoms with E-state index in [0.29, 0.717) is 19.6 Å². The second kappa shape index (κ2) is 43.8. The van der Waals surface area contributed by atoms with Gasteiger partial charge in [-0.1, -0.05) is 185 Å². The van der Waals surface area contributed by atoms with E-state index < -0.39 is 6.10 Å². The number of esters is 1. The Morgan fingerprint density at radius 3 is 1.28 bits per heavy atom. The number of unbranched alkanes of at least 4 members (excludes halogenated alkanes) is 27. The van der Waals surface area contributed by atoms with E-state index >= 15 is 0 Å². The van der Waals surface area contributed by atoms with Crippen molar-refractivity contribution in [3.8, 4) is 0 Å². The summed E-state index contributed by atoms with van der Waals surface area (Å²) in [6, 6.07) is 0. The zero-order valence-electron chi connectivity index (χ0n) is 33.7. The van der Waals surface area contributed by atoms with Crippen LogP contribution in [0.3, 0.4) is 0 Å². The molecule has 0 aromatic rings. The van der Waals surface area contributed by atoms with Gasteiger partial charge >= 0.3 is 5.97 Å². The molecule has 0 saturated heterocycles. The van der Waals surface area contributed by atoms with Crippen LogP contribution in [0, 0.1) is 0 Å². The van der Waals surface area contributed by atoms with Crippen LogP contribution in [0.5, 0.6) is 0 Å². The summed E-state index contributed by atoms with van der Waals surface area (Å²) in [5.41, 5.74) is 0. The minimum absolute atomic E-state index is 0.174. The molecular weight excluding hydrogens is 617 g/mol. The van der Waals surface area contributed by atoms with E-state index in [1.54, 1.807) is 0 Å². The second-order valence-electron chi connectivity index (χ2n) is 14.8. The average molecular weight is 703 g/mol. The van der Waals surface area contributed by atoms with Crippen LogP contribution >= 0.6 is 0 Å². The number of ether oxygens (including phenoxy) is 2. The first-order valence-corrected chi connectivity index (χ1v) is 22.1. The summed E-state index contributed by atoms with van der Waals surface area (Å²) < 4.78 is 11.2. The van der Waals surface area contributed by atoms with Crippen LogP contribution < -0.4 is 0 Å². The Morgan fingerprint density at radius 1 is 0.480 bits per heavy atom. The molecule has 4 nitrogen and oxygen atoms in total. The minimum Gasteiger partial charge on any atom is -0.457 e. The first-order valence-electron chi connectivity index (χ1n) is 22.1. The van der Waals surface area contributed by atoms with Gasteiger partial charge < -0.3 is 14.6 Å². The van der Waals surface area contributed by atoms with Crippen LogP contribution in [0.4, 0.5) is 0 Å². The highest BCUT2D eigenvalue weighted by atomic mass is 16.6. The molecule has 0 aromatic heterocycles. The highest BCUT2D eigenvalue weighted by Crippen LogP contribution is 2.14. The monoisotopic (exact) mass is 703 g/mol. The molecule has 1 N–H and O–H groups in total. The first-order chi connectivity index (χ1) is 24.7. The number of hydrogen-bond acceptors (Lipinski definition) is 4.